The number of anilines is 2. The lowest BCUT2D eigenvalue weighted by Gasteiger charge is -2.26. The lowest BCUT2D eigenvalue weighted by Crippen LogP contribution is -2.54. The van der Waals surface area contributed by atoms with Crippen LogP contribution in [0, 0.1) is 0 Å². The van der Waals surface area contributed by atoms with E-state index in [2.05, 4.69) is 37.0 Å². The van der Waals surface area contributed by atoms with Crippen molar-refractivity contribution < 1.29 is 9.59 Å². The van der Waals surface area contributed by atoms with Crippen molar-refractivity contribution in [3.05, 3.63) is 64.5 Å². The van der Waals surface area contributed by atoms with Gasteiger partial charge in [0, 0.05) is 27.1 Å². The minimum atomic E-state index is -0.494. The maximum atomic E-state index is 13.1. The van der Waals surface area contributed by atoms with Gasteiger partial charge in [0.25, 0.3) is 0 Å². The first-order chi connectivity index (χ1) is 15.6. The molecule has 0 aliphatic heterocycles. The molecule has 4 amide bonds. The van der Waals surface area contributed by atoms with E-state index in [9.17, 15) is 9.59 Å². The number of carbonyl (C=O) groups is 2. The molecule has 0 saturated heterocycles. The van der Waals surface area contributed by atoms with Gasteiger partial charge in [-0.2, -0.15) is 5.01 Å². The maximum Gasteiger partial charge on any atom is 0.347 e. The van der Waals surface area contributed by atoms with E-state index in [0.717, 1.165) is 46.4 Å². The predicted molar refractivity (Wildman–Crippen MR) is 132 cm³/mol. The number of amides is 4. The molecule has 0 bridgehead atoms. The van der Waals surface area contributed by atoms with E-state index in [4.69, 9.17) is 0 Å². The monoisotopic (exact) mass is 513 g/mol. The fourth-order valence-electron chi connectivity index (χ4n) is 3.57. The molecule has 1 aliphatic carbocycles. The zero-order valence-electron chi connectivity index (χ0n) is 17.4. The summed E-state index contributed by atoms with van der Waals surface area (Å²) in [6.45, 7) is 0. The Balaban J connectivity index is 1.53. The topological polar surface area (TPSA) is 86.4 Å². The summed E-state index contributed by atoms with van der Waals surface area (Å²) in [4.78, 5) is 30.4. The molecule has 3 aromatic rings. The summed E-state index contributed by atoms with van der Waals surface area (Å²) < 4.78 is 0.974. The van der Waals surface area contributed by atoms with Gasteiger partial charge in [-0.3, -0.25) is 0 Å². The van der Waals surface area contributed by atoms with E-state index in [0.29, 0.717) is 10.8 Å². The first-order valence-corrected chi connectivity index (χ1v) is 12.2. The second-order valence-corrected chi connectivity index (χ2v) is 9.33. The molecule has 0 unspecified atom stereocenters. The molecule has 1 aliphatic rings. The zero-order valence-corrected chi connectivity index (χ0v) is 19.8. The molecule has 166 valence electrons. The molecule has 0 radical (unpaired) electrons. The number of hydrazine groups is 1. The molecule has 4 rings (SSSR count). The number of halogens is 1. The molecule has 9 heteroatoms. The summed E-state index contributed by atoms with van der Waals surface area (Å²) in [5.41, 5.74) is 4.96. The molecule has 0 atom stereocenters. The molecular formula is C23H24BrN5O2S. The minimum Gasteiger partial charge on any atom is -0.334 e. The first kappa shape index (κ1) is 22.3. The number of hydrogen-bond acceptors (Lipinski definition) is 4. The first-order valence-electron chi connectivity index (χ1n) is 10.5. The van der Waals surface area contributed by atoms with Crippen LogP contribution in [0.3, 0.4) is 0 Å². The molecule has 7 nitrogen and oxygen atoms in total. The Morgan fingerprint density at radius 2 is 1.72 bits per heavy atom. The average Bonchev–Trinajstić information content (AvgIpc) is 3.29. The third-order valence-electron chi connectivity index (χ3n) is 5.21. The molecule has 32 heavy (non-hydrogen) atoms. The molecule has 1 heterocycles. The summed E-state index contributed by atoms with van der Waals surface area (Å²) in [5.74, 6) is 0. The Morgan fingerprint density at radius 1 is 1.00 bits per heavy atom. The van der Waals surface area contributed by atoms with Crippen LogP contribution >= 0.6 is 27.3 Å². The average molecular weight is 514 g/mol. The van der Waals surface area contributed by atoms with Crippen LogP contribution in [-0.4, -0.2) is 23.1 Å². The second kappa shape index (κ2) is 10.6. The Morgan fingerprint density at radius 3 is 2.44 bits per heavy atom. The standard InChI is InChI=1S/C23H24BrN5O2S/c24-17-13-11-16(12-14-17)20-15-32-23(27-20)29(22(31)26-19-9-5-2-6-10-19)28-21(30)25-18-7-3-1-4-8-18/h2,5-6,9-15,18H,1,3-4,7-8H2,(H,26,31)(H2,25,28,30). The summed E-state index contributed by atoms with van der Waals surface area (Å²) in [6, 6.07) is 16.1. The smallest absolute Gasteiger partial charge is 0.334 e. The number of rotatable bonds is 4. The number of urea groups is 2. The fraction of sp³-hybridized carbons (Fsp3) is 0.261. The minimum absolute atomic E-state index is 0.123. The second-order valence-electron chi connectivity index (χ2n) is 7.57. The maximum absolute atomic E-state index is 13.1. The highest BCUT2D eigenvalue weighted by Gasteiger charge is 2.24. The van der Waals surface area contributed by atoms with Crippen molar-refractivity contribution >= 4 is 50.1 Å². The predicted octanol–water partition coefficient (Wildman–Crippen LogP) is 6.16. The molecule has 2 aromatic carbocycles. The highest BCUT2D eigenvalue weighted by Crippen LogP contribution is 2.28. The Labute approximate surface area is 199 Å². The van der Waals surface area contributed by atoms with Crippen LogP contribution in [0.15, 0.2) is 64.5 Å². The van der Waals surface area contributed by atoms with Crippen LogP contribution in [0.25, 0.3) is 11.3 Å². The lowest BCUT2D eigenvalue weighted by atomic mass is 9.96. The van der Waals surface area contributed by atoms with Crippen LogP contribution < -0.4 is 21.1 Å². The van der Waals surface area contributed by atoms with Crippen LogP contribution in [-0.2, 0) is 0 Å². The number of hydrogen-bond donors (Lipinski definition) is 3. The zero-order chi connectivity index (χ0) is 22.3. The molecule has 1 fully saturated rings. The SMILES string of the molecule is O=C(NC1CCCCC1)NN(C(=O)Nc1ccccc1)c1nc(-c2ccc(Br)cc2)cs1. The van der Waals surface area contributed by atoms with Gasteiger partial charge in [-0.1, -0.05) is 65.5 Å². The number of aromatic nitrogens is 1. The van der Waals surface area contributed by atoms with Crippen molar-refractivity contribution in [2.24, 2.45) is 0 Å². The van der Waals surface area contributed by atoms with E-state index in [1.54, 1.807) is 12.1 Å². The number of nitrogens with zero attached hydrogens (tertiary/aromatic N) is 2. The molecule has 1 aromatic heterocycles. The lowest BCUT2D eigenvalue weighted by molar-refractivity contribution is 0.228. The number of nitrogens with one attached hydrogen (secondary N) is 3. The van der Waals surface area contributed by atoms with Crippen molar-refractivity contribution in [3.8, 4) is 11.3 Å². The van der Waals surface area contributed by atoms with Crippen molar-refractivity contribution in [3.63, 3.8) is 0 Å². The van der Waals surface area contributed by atoms with Gasteiger partial charge in [-0.15, -0.1) is 11.3 Å². The van der Waals surface area contributed by atoms with E-state index >= 15 is 0 Å². The Kier molecular flexibility index (Phi) is 7.39. The van der Waals surface area contributed by atoms with Gasteiger partial charge in [0.2, 0.25) is 5.13 Å². The van der Waals surface area contributed by atoms with E-state index in [-0.39, 0.29) is 6.04 Å². The summed E-state index contributed by atoms with van der Waals surface area (Å²) in [7, 11) is 0. The van der Waals surface area contributed by atoms with Crippen molar-refractivity contribution in [1.82, 2.24) is 15.7 Å². The summed E-state index contributed by atoms with van der Waals surface area (Å²) in [5, 5.41) is 9.19. The van der Waals surface area contributed by atoms with Gasteiger partial charge in [0.15, 0.2) is 0 Å². The Hall–Kier alpha value is -2.91. The van der Waals surface area contributed by atoms with Gasteiger partial charge < -0.3 is 10.6 Å². The van der Waals surface area contributed by atoms with E-state index in [1.807, 2.05) is 47.8 Å². The van der Waals surface area contributed by atoms with E-state index in [1.165, 1.54) is 17.8 Å². The largest absolute Gasteiger partial charge is 0.347 e. The summed E-state index contributed by atoms with van der Waals surface area (Å²) in [6.07, 6.45) is 5.31. The molecule has 1 saturated carbocycles. The van der Waals surface area contributed by atoms with Crippen LogP contribution in [0.5, 0.6) is 0 Å². The Bertz CT molecular complexity index is 1050. The highest BCUT2D eigenvalue weighted by molar-refractivity contribution is 9.10. The van der Waals surface area contributed by atoms with Crippen LogP contribution in [0.2, 0.25) is 0 Å². The van der Waals surface area contributed by atoms with Crippen LogP contribution in [0.1, 0.15) is 32.1 Å². The molecule has 3 N–H and O–H groups in total. The fourth-order valence-corrected chi connectivity index (χ4v) is 4.63. The molecule has 0 spiro atoms. The number of thiazole rings is 1. The van der Waals surface area contributed by atoms with Gasteiger partial charge >= 0.3 is 12.1 Å². The van der Waals surface area contributed by atoms with Gasteiger partial charge in [0.05, 0.1) is 5.69 Å². The van der Waals surface area contributed by atoms with E-state index < -0.39 is 12.1 Å². The third kappa shape index (κ3) is 5.86. The number of carbonyl (C=O) groups excluding carboxylic acids is 2. The van der Waals surface area contributed by atoms with Crippen LogP contribution in [0.4, 0.5) is 20.4 Å². The highest BCUT2D eigenvalue weighted by atomic mass is 79.9. The van der Waals surface area contributed by atoms with Gasteiger partial charge in [-0.05, 0) is 37.1 Å². The quantitative estimate of drug-likeness (QED) is 0.365. The number of benzene rings is 2. The van der Waals surface area contributed by atoms with Crippen molar-refractivity contribution in [1.29, 1.82) is 0 Å². The van der Waals surface area contributed by atoms with Gasteiger partial charge in [-0.25, -0.2) is 20.0 Å². The normalized spacial score (nSPS) is 13.9. The van der Waals surface area contributed by atoms with Crippen molar-refractivity contribution in [2.45, 2.75) is 38.1 Å². The van der Waals surface area contributed by atoms with Crippen molar-refractivity contribution in [2.75, 3.05) is 10.3 Å². The van der Waals surface area contributed by atoms with Gasteiger partial charge in [0.1, 0.15) is 0 Å². The number of para-hydroxylation sites is 1. The third-order valence-corrected chi connectivity index (χ3v) is 6.56. The molecular weight excluding hydrogens is 490 g/mol. The summed E-state index contributed by atoms with van der Waals surface area (Å²) >= 11 is 4.71.